The number of rotatable bonds is 6. The van der Waals surface area contributed by atoms with Gasteiger partial charge >= 0.3 is 0 Å². The molecule has 0 radical (unpaired) electrons. The highest BCUT2D eigenvalue weighted by molar-refractivity contribution is 7.99. The number of hydrogen-bond acceptors (Lipinski definition) is 5. The van der Waals surface area contributed by atoms with E-state index in [1.165, 1.54) is 37.7 Å². The van der Waals surface area contributed by atoms with Crippen molar-refractivity contribution >= 4 is 11.8 Å². The van der Waals surface area contributed by atoms with Crippen LogP contribution in [0.25, 0.3) is 0 Å². The zero-order valence-corrected chi connectivity index (χ0v) is 13.8. The molecule has 5 nitrogen and oxygen atoms in total. The molecule has 1 aromatic carbocycles. The van der Waals surface area contributed by atoms with E-state index in [4.69, 9.17) is 4.74 Å². The normalized spacial score (nSPS) is 15.9. The predicted molar refractivity (Wildman–Crippen MR) is 87.3 cm³/mol. The van der Waals surface area contributed by atoms with E-state index in [1.807, 2.05) is 16.8 Å². The molecule has 0 amide bonds. The number of thioether (sulfide) groups is 1. The number of tetrazole rings is 1. The second kappa shape index (κ2) is 7.63. The third-order valence-corrected chi connectivity index (χ3v) is 4.89. The van der Waals surface area contributed by atoms with Crippen LogP contribution in [0.3, 0.4) is 0 Å². The van der Waals surface area contributed by atoms with Crippen LogP contribution in [0.15, 0.2) is 29.4 Å². The highest BCUT2D eigenvalue weighted by atomic mass is 32.2. The summed E-state index contributed by atoms with van der Waals surface area (Å²) in [4.78, 5) is 0. The molecular weight excluding hydrogens is 296 g/mol. The summed E-state index contributed by atoms with van der Waals surface area (Å²) in [5.74, 6) is 1.76. The van der Waals surface area contributed by atoms with Gasteiger partial charge in [-0.25, -0.2) is 4.68 Å². The second-order valence-corrected chi connectivity index (χ2v) is 6.77. The Kier molecular flexibility index (Phi) is 5.32. The van der Waals surface area contributed by atoms with Gasteiger partial charge in [0.25, 0.3) is 0 Å². The Morgan fingerprint density at radius 2 is 1.95 bits per heavy atom. The molecule has 22 heavy (non-hydrogen) atoms. The maximum absolute atomic E-state index is 5.75. The van der Waals surface area contributed by atoms with Gasteiger partial charge in [-0.2, -0.15) is 0 Å². The molecule has 0 aliphatic heterocycles. The summed E-state index contributed by atoms with van der Waals surface area (Å²) in [7, 11) is 0. The standard InChI is InChI=1S/C16H22N4OS/c1-13-7-9-15(10-8-13)21-11-12-22-16-17-18-19-20(16)14-5-3-2-4-6-14/h7-10,14H,2-6,11-12H2,1H3. The molecule has 0 spiro atoms. The summed E-state index contributed by atoms with van der Waals surface area (Å²) in [6.07, 6.45) is 6.29. The Bertz CT molecular complexity index is 578. The molecule has 118 valence electrons. The van der Waals surface area contributed by atoms with Crippen LogP contribution in [0.4, 0.5) is 0 Å². The van der Waals surface area contributed by atoms with Crippen LogP contribution in [0, 0.1) is 6.92 Å². The molecule has 1 saturated carbocycles. The van der Waals surface area contributed by atoms with Crippen molar-refractivity contribution in [3.63, 3.8) is 0 Å². The second-order valence-electron chi connectivity index (χ2n) is 5.71. The maximum atomic E-state index is 5.75. The first-order valence-electron chi connectivity index (χ1n) is 7.93. The van der Waals surface area contributed by atoms with Crippen LogP contribution in [-0.4, -0.2) is 32.6 Å². The number of benzene rings is 1. The van der Waals surface area contributed by atoms with Gasteiger partial charge in [-0.3, -0.25) is 0 Å². The summed E-state index contributed by atoms with van der Waals surface area (Å²) in [5, 5.41) is 13.1. The van der Waals surface area contributed by atoms with Gasteiger partial charge in [0.15, 0.2) is 0 Å². The lowest BCUT2D eigenvalue weighted by molar-refractivity contribution is 0.307. The largest absolute Gasteiger partial charge is 0.493 e. The molecule has 1 fully saturated rings. The topological polar surface area (TPSA) is 52.8 Å². The minimum atomic E-state index is 0.476. The van der Waals surface area contributed by atoms with E-state index in [-0.39, 0.29) is 0 Å². The summed E-state index contributed by atoms with van der Waals surface area (Å²) in [5.41, 5.74) is 1.24. The van der Waals surface area contributed by atoms with Crippen LogP contribution in [0.1, 0.15) is 43.7 Å². The van der Waals surface area contributed by atoms with Crippen molar-refractivity contribution in [1.29, 1.82) is 0 Å². The van der Waals surface area contributed by atoms with Gasteiger partial charge in [-0.05, 0) is 42.3 Å². The molecule has 0 atom stereocenters. The first kappa shape index (κ1) is 15.3. The van der Waals surface area contributed by atoms with Crippen LogP contribution >= 0.6 is 11.8 Å². The summed E-state index contributed by atoms with van der Waals surface area (Å²) in [6.45, 7) is 2.73. The van der Waals surface area contributed by atoms with Gasteiger partial charge in [-0.1, -0.05) is 48.7 Å². The van der Waals surface area contributed by atoms with Crippen molar-refractivity contribution in [1.82, 2.24) is 20.2 Å². The molecule has 0 saturated heterocycles. The third-order valence-electron chi connectivity index (χ3n) is 3.99. The van der Waals surface area contributed by atoms with Crippen LogP contribution in [0.5, 0.6) is 5.75 Å². The Labute approximate surface area is 135 Å². The van der Waals surface area contributed by atoms with Crippen LogP contribution < -0.4 is 4.74 Å². The molecule has 6 heteroatoms. The molecule has 3 rings (SSSR count). The maximum Gasteiger partial charge on any atom is 0.209 e. The average molecular weight is 318 g/mol. The first-order chi connectivity index (χ1) is 10.8. The van der Waals surface area contributed by atoms with E-state index in [1.54, 1.807) is 11.8 Å². The van der Waals surface area contributed by atoms with Crippen molar-refractivity contribution in [3.05, 3.63) is 29.8 Å². The predicted octanol–water partition coefficient (Wildman–Crippen LogP) is 3.66. The van der Waals surface area contributed by atoms with E-state index in [2.05, 4.69) is 34.6 Å². The lowest BCUT2D eigenvalue weighted by Crippen LogP contribution is -2.15. The number of aromatic nitrogens is 4. The van der Waals surface area contributed by atoms with Crippen molar-refractivity contribution < 1.29 is 4.74 Å². The molecule has 1 heterocycles. The fourth-order valence-corrected chi connectivity index (χ4v) is 3.52. The van der Waals surface area contributed by atoms with Crippen LogP contribution in [-0.2, 0) is 0 Å². The minimum absolute atomic E-state index is 0.476. The van der Waals surface area contributed by atoms with Crippen molar-refractivity contribution in [3.8, 4) is 5.75 Å². The van der Waals surface area contributed by atoms with E-state index in [9.17, 15) is 0 Å². The lowest BCUT2D eigenvalue weighted by Gasteiger charge is -2.21. The van der Waals surface area contributed by atoms with Gasteiger partial charge in [0.05, 0.1) is 12.6 Å². The molecule has 0 N–H and O–H groups in total. The number of ether oxygens (including phenoxy) is 1. The molecular formula is C16H22N4OS. The SMILES string of the molecule is Cc1ccc(OCCSc2nnnn2C2CCCCC2)cc1. The minimum Gasteiger partial charge on any atom is -0.493 e. The van der Waals surface area contributed by atoms with Gasteiger partial charge < -0.3 is 4.74 Å². The Morgan fingerprint density at radius 1 is 1.18 bits per heavy atom. The smallest absolute Gasteiger partial charge is 0.209 e. The van der Waals surface area contributed by atoms with E-state index in [0.717, 1.165) is 16.7 Å². The Morgan fingerprint density at radius 3 is 2.73 bits per heavy atom. The number of aryl methyl sites for hydroxylation is 1. The first-order valence-corrected chi connectivity index (χ1v) is 8.91. The zero-order valence-electron chi connectivity index (χ0n) is 12.9. The molecule has 0 unspecified atom stereocenters. The molecule has 1 aliphatic rings. The average Bonchev–Trinajstić information content (AvgIpc) is 3.02. The van der Waals surface area contributed by atoms with E-state index >= 15 is 0 Å². The van der Waals surface area contributed by atoms with Gasteiger partial charge in [0, 0.05) is 5.75 Å². The Balaban J connectivity index is 1.47. The van der Waals surface area contributed by atoms with E-state index in [0.29, 0.717) is 12.6 Å². The van der Waals surface area contributed by atoms with Crippen LogP contribution in [0.2, 0.25) is 0 Å². The van der Waals surface area contributed by atoms with Gasteiger partial charge in [0.1, 0.15) is 5.75 Å². The zero-order chi connectivity index (χ0) is 15.2. The van der Waals surface area contributed by atoms with E-state index < -0.39 is 0 Å². The van der Waals surface area contributed by atoms with Gasteiger partial charge in [0.2, 0.25) is 5.16 Å². The fourth-order valence-electron chi connectivity index (χ4n) is 2.76. The quantitative estimate of drug-likeness (QED) is 0.601. The van der Waals surface area contributed by atoms with Crippen molar-refractivity contribution in [2.45, 2.75) is 50.2 Å². The van der Waals surface area contributed by atoms with Crippen molar-refractivity contribution in [2.75, 3.05) is 12.4 Å². The lowest BCUT2D eigenvalue weighted by atomic mass is 9.96. The molecule has 1 aliphatic carbocycles. The molecule has 2 aromatic rings. The highest BCUT2D eigenvalue weighted by Crippen LogP contribution is 2.30. The Hall–Kier alpha value is -1.56. The summed E-state index contributed by atoms with van der Waals surface area (Å²) < 4.78 is 7.76. The third kappa shape index (κ3) is 4.00. The molecule has 0 bridgehead atoms. The molecule has 1 aromatic heterocycles. The monoisotopic (exact) mass is 318 g/mol. The van der Waals surface area contributed by atoms with Crippen molar-refractivity contribution in [2.24, 2.45) is 0 Å². The fraction of sp³-hybridized carbons (Fsp3) is 0.562. The number of hydrogen-bond donors (Lipinski definition) is 0. The highest BCUT2D eigenvalue weighted by Gasteiger charge is 2.20. The number of nitrogens with zero attached hydrogens (tertiary/aromatic N) is 4. The summed E-state index contributed by atoms with van der Waals surface area (Å²) in [6, 6.07) is 8.61. The van der Waals surface area contributed by atoms with Gasteiger partial charge in [-0.15, -0.1) is 5.10 Å². The summed E-state index contributed by atoms with van der Waals surface area (Å²) >= 11 is 1.67.